The Morgan fingerprint density at radius 2 is 1.83 bits per heavy atom. The van der Waals surface area contributed by atoms with Crippen molar-refractivity contribution in [3.05, 3.63) is 69.3 Å². The van der Waals surface area contributed by atoms with Crippen LogP contribution in [0.15, 0.2) is 63.4 Å². The number of carbonyl (C=O) groups is 2. The van der Waals surface area contributed by atoms with Gasteiger partial charge >= 0.3 is 5.97 Å². The molecule has 3 aromatic rings. The van der Waals surface area contributed by atoms with Crippen LogP contribution in [0, 0.1) is 0 Å². The maximum Gasteiger partial charge on any atom is 0.338 e. The Morgan fingerprint density at radius 3 is 2.50 bits per heavy atom. The number of nitrogens with zero attached hydrogens (tertiary/aromatic N) is 3. The van der Waals surface area contributed by atoms with Crippen LogP contribution in [0.3, 0.4) is 0 Å². The molecule has 0 unspecified atom stereocenters. The quantitative estimate of drug-likeness (QED) is 0.218. The van der Waals surface area contributed by atoms with E-state index >= 15 is 0 Å². The molecule has 188 valence electrons. The highest BCUT2D eigenvalue weighted by Gasteiger charge is 2.35. The minimum Gasteiger partial charge on any atom is -0.493 e. The highest BCUT2D eigenvalue weighted by atomic mass is 79.9. The molecule has 36 heavy (non-hydrogen) atoms. The van der Waals surface area contributed by atoms with Crippen LogP contribution in [0.4, 0.5) is 5.95 Å². The van der Waals surface area contributed by atoms with E-state index in [1.807, 2.05) is 18.2 Å². The lowest BCUT2D eigenvalue weighted by Crippen LogP contribution is -2.29. The normalized spacial score (nSPS) is 14.6. The van der Waals surface area contributed by atoms with Gasteiger partial charge < -0.3 is 19.5 Å². The van der Waals surface area contributed by atoms with Crippen molar-refractivity contribution in [1.82, 2.24) is 14.8 Å². The molecule has 11 heteroatoms. The number of ether oxygens (including phenoxy) is 3. The van der Waals surface area contributed by atoms with Gasteiger partial charge in [0.05, 0.1) is 32.2 Å². The van der Waals surface area contributed by atoms with Gasteiger partial charge in [-0.15, -0.1) is 5.10 Å². The standard InChI is InChI=1S/C25H25BrN4O5S/c1-5-35-23(32)21-14(2)27-24-28-25(36-13-18(31)15-6-9-17(26)10-7-15)29-30(24)22(21)16-8-11-19(33-3)20(12-16)34-4/h6-12,22H,5,13H2,1-4H3,(H,27,28,29)/t22-/m0/s1. The second-order valence-electron chi connectivity index (χ2n) is 7.78. The third kappa shape index (κ3) is 5.26. The summed E-state index contributed by atoms with van der Waals surface area (Å²) in [6.07, 6.45) is 0. The third-order valence-electron chi connectivity index (χ3n) is 5.55. The van der Waals surface area contributed by atoms with Gasteiger partial charge in [-0.1, -0.05) is 45.9 Å². The molecule has 0 bridgehead atoms. The number of Topliss-reactive ketones (excluding diaryl/α,β-unsaturated/α-hetero) is 1. The van der Waals surface area contributed by atoms with E-state index in [1.54, 1.807) is 57.0 Å². The Morgan fingerprint density at radius 1 is 1.11 bits per heavy atom. The largest absolute Gasteiger partial charge is 0.493 e. The summed E-state index contributed by atoms with van der Waals surface area (Å²) in [7, 11) is 3.11. The Labute approximate surface area is 221 Å². The second kappa shape index (κ2) is 11.2. The molecule has 4 rings (SSSR count). The monoisotopic (exact) mass is 572 g/mol. The van der Waals surface area contributed by atoms with Crippen molar-refractivity contribution in [1.29, 1.82) is 0 Å². The molecule has 0 spiro atoms. The van der Waals surface area contributed by atoms with Gasteiger partial charge in [-0.25, -0.2) is 9.48 Å². The number of halogens is 1. The summed E-state index contributed by atoms with van der Waals surface area (Å²) < 4.78 is 18.7. The van der Waals surface area contributed by atoms with E-state index in [9.17, 15) is 9.59 Å². The van der Waals surface area contributed by atoms with Crippen LogP contribution in [0.5, 0.6) is 11.5 Å². The molecule has 1 aromatic heterocycles. The molecule has 0 radical (unpaired) electrons. The van der Waals surface area contributed by atoms with Crippen LogP contribution < -0.4 is 14.8 Å². The molecule has 1 N–H and O–H groups in total. The molecular weight excluding hydrogens is 548 g/mol. The number of rotatable bonds is 9. The Balaban J connectivity index is 1.68. The fourth-order valence-corrected chi connectivity index (χ4v) is 4.83. The van der Waals surface area contributed by atoms with E-state index in [0.29, 0.717) is 39.4 Å². The molecule has 1 aliphatic heterocycles. The smallest absolute Gasteiger partial charge is 0.338 e. The lowest BCUT2D eigenvalue weighted by molar-refractivity contribution is -0.139. The van der Waals surface area contributed by atoms with Crippen LogP contribution in [-0.2, 0) is 9.53 Å². The minimum absolute atomic E-state index is 0.0359. The first-order chi connectivity index (χ1) is 17.4. The van der Waals surface area contributed by atoms with Crippen LogP contribution in [0.25, 0.3) is 0 Å². The molecule has 0 saturated heterocycles. The van der Waals surface area contributed by atoms with Crippen molar-refractivity contribution in [2.45, 2.75) is 25.0 Å². The topological polar surface area (TPSA) is 105 Å². The van der Waals surface area contributed by atoms with Gasteiger partial charge in [0.2, 0.25) is 11.1 Å². The number of esters is 1. The van der Waals surface area contributed by atoms with E-state index < -0.39 is 12.0 Å². The molecule has 1 atom stereocenters. The van der Waals surface area contributed by atoms with Gasteiger partial charge in [-0.2, -0.15) is 4.98 Å². The summed E-state index contributed by atoms with van der Waals surface area (Å²) in [6, 6.07) is 12.0. The molecule has 9 nitrogen and oxygen atoms in total. The van der Waals surface area contributed by atoms with Crippen LogP contribution in [0.2, 0.25) is 0 Å². The Bertz CT molecular complexity index is 1320. The Kier molecular flexibility index (Phi) is 8.00. The van der Waals surface area contributed by atoms with Crippen LogP contribution in [-0.4, -0.2) is 53.1 Å². The van der Waals surface area contributed by atoms with E-state index in [-0.39, 0.29) is 18.1 Å². The highest BCUT2D eigenvalue weighted by molar-refractivity contribution is 9.10. The molecular formula is C25H25BrN4O5S. The first-order valence-corrected chi connectivity index (χ1v) is 12.9. The zero-order valence-corrected chi connectivity index (χ0v) is 22.6. The number of fused-ring (bicyclic) bond motifs is 1. The first-order valence-electron chi connectivity index (χ1n) is 11.1. The number of nitrogens with one attached hydrogen (secondary N) is 1. The lowest BCUT2D eigenvalue weighted by Gasteiger charge is -2.28. The average Bonchev–Trinajstić information content (AvgIpc) is 3.28. The Hall–Kier alpha value is -3.31. The summed E-state index contributed by atoms with van der Waals surface area (Å²) in [4.78, 5) is 30.2. The highest BCUT2D eigenvalue weighted by Crippen LogP contribution is 2.39. The zero-order chi connectivity index (χ0) is 25.8. The van der Waals surface area contributed by atoms with Gasteiger partial charge in [0.15, 0.2) is 17.3 Å². The summed E-state index contributed by atoms with van der Waals surface area (Å²) in [5.74, 6) is 1.22. The minimum atomic E-state index is -0.621. The number of ketones is 1. The van der Waals surface area contributed by atoms with Crippen molar-refractivity contribution in [3.63, 3.8) is 0 Å². The van der Waals surface area contributed by atoms with Crippen molar-refractivity contribution in [2.24, 2.45) is 0 Å². The maximum absolute atomic E-state index is 13.0. The van der Waals surface area contributed by atoms with E-state index in [2.05, 4.69) is 31.3 Å². The van der Waals surface area contributed by atoms with Gasteiger partial charge in [0.25, 0.3) is 0 Å². The second-order valence-corrected chi connectivity index (χ2v) is 9.64. The number of hydrogen-bond acceptors (Lipinski definition) is 9. The van der Waals surface area contributed by atoms with Crippen molar-refractivity contribution >= 4 is 45.4 Å². The van der Waals surface area contributed by atoms with E-state index in [0.717, 1.165) is 10.0 Å². The van der Waals surface area contributed by atoms with Gasteiger partial charge in [-0.05, 0) is 43.7 Å². The number of hydrogen-bond donors (Lipinski definition) is 1. The van der Waals surface area contributed by atoms with Crippen molar-refractivity contribution in [2.75, 3.05) is 31.9 Å². The zero-order valence-electron chi connectivity index (χ0n) is 20.2. The number of aromatic nitrogens is 3. The SMILES string of the molecule is CCOC(=O)C1=C(C)Nc2nc(SCC(=O)c3ccc(Br)cc3)nn2[C@H]1c1ccc(OC)c(OC)c1. The van der Waals surface area contributed by atoms with E-state index in [1.165, 1.54) is 11.8 Å². The van der Waals surface area contributed by atoms with Gasteiger partial charge in [0.1, 0.15) is 6.04 Å². The molecule has 0 saturated carbocycles. The fourth-order valence-electron chi connectivity index (χ4n) is 3.85. The number of carbonyl (C=O) groups excluding carboxylic acids is 2. The predicted molar refractivity (Wildman–Crippen MR) is 140 cm³/mol. The summed E-state index contributed by atoms with van der Waals surface area (Å²) in [5, 5.41) is 8.21. The summed E-state index contributed by atoms with van der Waals surface area (Å²) >= 11 is 4.61. The number of methoxy groups -OCH3 is 2. The summed E-state index contributed by atoms with van der Waals surface area (Å²) in [6.45, 7) is 3.79. The lowest BCUT2D eigenvalue weighted by atomic mass is 9.95. The third-order valence-corrected chi connectivity index (χ3v) is 6.92. The van der Waals surface area contributed by atoms with Gasteiger partial charge in [0, 0.05) is 15.7 Å². The molecule has 2 heterocycles. The van der Waals surface area contributed by atoms with Crippen LogP contribution in [0.1, 0.15) is 35.8 Å². The van der Waals surface area contributed by atoms with Crippen molar-refractivity contribution in [3.8, 4) is 11.5 Å². The number of benzene rings is 2. The average molecular weight is 573 g/mol. The first kappa shape index (κ1) is 25.8. The summed E-state index contributed by atoms with van der Waals surface area (Å²) in [5.41, 5.74) is 2.36. The predicted octanol–water partition coefficient (Wildman–Crippen LogP) is 4.88. The molecule has 1 aliphatic rings. The van der Waals surface area contributed by atoms with Crippen molar-refractivity contribution < 1.29 is 23.8 Å². The molecule has 0 fully saturated rings. The molecule has 0 aliphatic carbocycles. The van der Waals surface area contributed by atoms with Gasteiger partial charge in [-0.3, -0.25) is 4.79 Å². The number of anilines is 1. The van der Waals surface area contributed by atoms with Crippen LogP contribution >= 0.6 is 27.7 Å². The number of thioether (sulfide) groups is 1. The number of allylic oxidation sites excluding steroid dienone is 1. The maximum atomic E-state index is 13.0. The fraction of sp³-hybridized carbons (Fsp3) is 0.280. The molecule has 0 amide bonds. The van der Waals surface area contributed by atoms with E-state index in [4.69, 9.17) is 14.2 Å². The molecule has 2 aromatic carbocycles.